The summed E-state index contributed by atoms with van der Waals surface area (Å²) in [6.45, 7) is 1.94. The van der Waals surface area contributed by atoms with Gasteiger partial charge < -0.3 is 10.4 Å². The summed E-state index contributed by atoms with van der Waals surface area (Å²) in [5.74, 6) is 0.429. The van der Waals surface area contributed by atoms with Gasteiger partial charge in [0, 0.05) is 18.9 Å². The quantitative estimate of drug-likeness (QED) is 0.732. The molecule has 7 heteroatoms. The summed E-state index contributed by atoms with van der Waals surface area (Å²) in [5, 5.41) is 18.3. The normalized spacial score (nSPS) is 18.4. The number of hydrogen-bond acceptors (Lipinski definition) is 6. The van der Waals surface area contributed by atoms with Crippen LogP contribution >= 0.6 is 0 Å². The standard InChI is InChI=1S/C14H14N6O/c21-14-11-2-4-16-7-12(11)18-13(19-14)9-5-17-20(8-9)10-1-3-15-6-10/h2,4-5,7-8,10,15H,1,3,6H2,(H,18,19,21)/t10-/m1/s1. The van der Waals surface area contributed by atoms with Crippen LogP contribution in [0.15, 0.2) is 30.9 Å². The predicted molar refractivity (Wildman–Crippen MR) is 76.7 cm³/mol. The molecule has 1 fully saturated rings. The fourth-order valence-corrected chi connectivity index (χ4v) is 2.61. The summed E-state index contributed by atoms with van der Waals surface area (Å²) < 4.78 is 1.93. The Kier molecular flexibility index (Phi) is 2.78. The van der Waals surface area contributed by atoms with Gasteiger partial charge in [0.2, 0.25) is 5.88 Å². The molecule has 106 valence electrons. The van der Waals surface area contributed by atoms with Crippen LogP contribution in [-0.2, 0) is 0 Å². The first-order chi connectivity index (χ1) is 10.3. The molecule has 1 aliphatic heterocycles. The van der Waals surface area contributed by atoms with Crippen LogP contribution < -0.4 is 5.32 Å². The number of fused-ring (bicyclic) bond motifs is 1. The van der Waals surface area contributed by atoms with Crippen molar-refractivity contribution in [1.29, 1.82) is 0 Å². The summed E-state index contributed by atoms with van der Waals surface area (Å²) >= 11 is 0. The lowest BCUT2D eigenvalue weighted by Crippen LogP contribution is -2.13. The molecule has 1 aliphatic rings. The van der Waals surface area contributed by atoms with E-state index in [-0.39, 0.29) is 5.88 Å². The Labute approximate surface area is 120 Å². The van der Waals surface area contributed by atoms with Crippen molar-refractivity contribution in [3.05, 3.63) is 30.9 Å². The molecule has 0 amide bonds. The largest absolute Gasteiger partial charge is 0.493 e. The highest BCUT2D eigenvalue weighted by Gasteiger charge is 2.18. The van der Waals surface area contributed by atoms with E-state index >= 15 is 0 Å². The molecule has 21 heavy (non-hydrogen) atoms. The molecule has 3 aromatic heterocycles. The maximum absolute atomic E-state index is 10.0. The van der Waals surface area contributed by atoms with Gasteiger partial charge in [-0.3, -0.25) is 9.67 Å². The molecule has 2 N–H and O–H groups in total. The molecule has 0 radical (unpaired) electrons. The zero-order valence-electron chi connectivity index (χ0n) is 11.3. The van der Waals surface area contributed by atoms with Crippen LogP contribution in [0.5, 0.6) is 5.88 Å². The van der Waals surface area contributed by atoms with E-state index in [1.165, 1.54) is 0 Å². The highest BCUT2D eigenvalue weighted by Crippen LogP contribution is 2.25. The molecule has 4 heterocycles. The number of nitrogens with one attached hydrogen (secondary N) is 1. The van der Waals surface area contributed by atoms with Crippen molar-refractivity contribution < 1.29 is 5.11 Å². The number of pyridine rings is 1. The number of aromatic hydroxyl groups is 1. The molecule has 0 aromatic carbocycles. The van der Waals surface area contributed by atoms with Crippen molar-refractivity contribution in [3.8, 4) is 17.3 Å². The molecule has 4 rings (SSSR count). The number of nitrogens with zero attached hydrogens (tertiary/aromatic N) is 5. The Morgan fingerprint density at radius 3 is 3.10 bits per heavy atom. The number of hydrogen-bond donors (Lipinski definition) is 2. The predicted octanol–water partition coefficient (Wildman–Crippen LogP) is 1.13. The molecule has 0 saturated carbocycles. The zero-order valence-corrected chi connectivity index (χ0v) is 11.3. The minimum Gasteiger partial charge on any atom is -0.493 e. The molecular weight excluding hydrogens is 268 g/mol. The Balaban J connectivity index is 1.76. The number of rotatable bonds is 2. The highest BCUT2D eigenvalue weighted by atomic mass is 16.3. The van der Waals surface area contributed by atoms with Crippen LogP contribution in [0, 0.1) is 0 Å². The summed E-state index contributed by atoms with van der Waals surface area (Å²) in [6, 6.07) is 2.07. The van der Waals surface area contributed by atoms with Crippen molar-refractivity contribution in [2.24, 2.45) is 0 Å². The Hall–Kier alpha value is -2.54. The minimum atomic E-state index is -0.0346. The van der Waals surface area contributed by atoms with Gasteiger partial charge in [-0.05, 0) is 19.0 Å². The molecule has 0 unspecified atom stereocenters. The summed E-state index contributed by atoms with van der Waals surface area (Å²) in [4.78, 5) is 12.6. The fraction of sp³-hybridized carbons (Fsp3) is 0.286. The first kappa shape index (κ1) is 12.2. The van der Waals surface area contributed by atoms with Gasteiger partial charge in [0.15, 0.2) is 5.82 Å². The van der Waals surface area contributed by atoms with Crippen LogP contribution in [0.3, 0.4) is 0 Å². The van der Waals surface area contributed by atoms with Gasteiger partial charge in [-0.15, -0.1) is 0 Å². The first-order valence-corrected chi connectivity index (χ1v) is 6.87. The van der Waals surface area contributed by atoms with E-state index in [1.807, 2.05) is 10.9 Å². The lowest BCUT2D eigenvalue weighted by atomic mass is 10.2. The van der Waals surface area contributed by atoms with Crippen molar-refractivity contribution >= 4 is 10.9 Å². The Bertz CT molecular complexity index is 793. The van der Waals surface area contributed by atoms with Gasteiger partial charge in [0.25, 0.3) is 0 Å². The maximum atomic E-state index is 10.0. The van der Waals surface area contributed by atoms with Crippen LogP contribution in [0.2, 0.25) is 0 Å². The molecule has 1 saturated heterocycles. The van der Waals surface area contributed by atoms with Gasteiger partial charge >= 0.3 is 0 Å². The molecule has 3 aromatic rings. The molecule has 0 bridgehead atoms. The van der Waals surface area contributed by atoms with Gasteiger partial charge in [-0.25, -0.2) is 4.98 Å². The van der Waals surface area contributed by atoms with Crippen LogP contribution in [0.1, 0.15) is 12.5 Å². The Morgan fingerprint density at radius 2 is 2.24 bits per heavy atom. The molecule has 1 atom stereocenters. The second-order valence-corrected chi connectivity index (χ2v) is 5.12. The summed E-state index contributed by atoms with van der Waals surface area (Å²) in [6.07, 6.45) is 7.95. The van der Waals surface area contributed by atoms with Crippen molar-refractivity contribution in [1.82, 2.24) is 30.0 Å². The van der Waals surface area contributed by atoms with Gasteiger partial charge in [0.1, 0.15) is 0 Å². The van der Waals surface area contributed by atoms with E-state index in [2.05, 4.69) is 25.4 Å². The highest BCUT2D eigenvalue weighted by molar-refractivity contribution is 5.83. The fourth-order valence-electron chi connectivity index (χ4n) is 2.61. The monoisotopic (exact) mass is 282 g/mol. The van der Waals surface area contributed by atoms with Crippen LogP contribution in [0.25, 0.3) is 22.3 Å². The van der Waals surface area contributed by atoms with Gasteiger partial charge in [-0.1, -0.05) is 0 Å². The molecular formula is C14H14N6O. The van der Waals surface area contributed by atoms with E-state index in [4.69, 9.17) is 0 Å². The summed E-state index contributed by atoms with van der Waals surface area (Å²) in [7, 11) is 0. The maximum Gasteiger partial charge on any atom is 0.222 e. The lowest BCUT2D eigenvalue weighted by molar-refractivity contribution is 0.460. The van der Waals surface area contributed by atoms with Gasteiger partial charge in [-0.2, -0.15) is 10.1 Å². The van der Waals surface area contributed by atoms with E-state index < -0.39 is 0 Å². The minimum absolute atomic E-state index is 0.0346. The number of aromatic nitrogens is 5. The van der Waals surface area contributed by atoms with E-state index in [1.54, 1.807) is 24.7 Å². The summed E-state index contributed by atoms with van der Waals surface area (Å²) in [5.41, 5.74) is 1.42. The van der Waals surface area contributed by atoms with Crippen molar-refractivity contribution in [3.63, 3.8) is 0 Å². The first-order valence-electron chi connectivity index (χ1n) is 6.87. The third-order valence-corrected chi connectivity index (χ3v) is 3.75. The van der Waals surface area contributed by atoms with E-state index in [0.29, 0.717) is 22.8 Å². The Morgan fingerprint density at radius 1 is 1.29 bits per heavy atom. The third kappa shape index (κ3) is 2.11. The average molecular weight is 282 g/mol. The second-order valence-electron chi connectivity index (χ2n) is 5.12. The van der Waals surface area contributed by atoms with Crippen molar-refractivity contribution in [2.45, 2.75) is 12.5 Å². The second kappa shape index (κ2) is 4.78. The SMILES string of the molecule is Oc1nc(-c2cnn([C@@H]3CCNC3)c2)nc2cnccc12. The van der Waals surface area contributed by atoms with Crippen LogP contribution in [-0.4, -0.2) is 42.9 Å². The smallest absolute Gasteiger partial charge is 0.222 e. The van der Waals surface area contributed by atoms with Crippen LogP contribution in [0.4, 0.5) is 0 Å². The third-order valence-electron chi connectivity index (χ3n) is 3.75. The average Bonchev–Trinajstić information content (AvgIpc) is 3.18. The van der Waals surface area contributed by atoms with Gasteiger partial charge in [0.05, 0.1) is 34.9 Å². The lowest BCUT2D eigenvalue weighted by Gasteiger charge is -2.07. The molecule has 0 aliphatic carbocycles. The van der Waals surface area contributed by atoms with E-state index in [9.17, 15) is 5.11 Å². The molecule has 0 spiro atoms. The topological polar surface area (TPSA) is 88.8 Å². The molecule has 7 nitrogen and oxygen atoms in total. The zero-order chi connectivity index (χ0) is 14.2. The van der Waals surface area contributed by atoms with Crippen molar-refractivity contribution in [2.75, 3.05) is 13.1 Å². The van der Waals surface area contributed by atoms with E-state index in [0.717, 1.165) is 25.1 Å².